The Morgan fingerprint density at radius 3 is 2.65 bits per heavy atom. The van der Waals surface area contributed by atoms with Gasteiger partial charge in [0.15, 0.2) is 5.82 Å². The van der Waals surface area contributed by atoms with E-state index in [4.69, 9.17) is 0 Å². The molecule has 3 aromatic rings. The summed E-state index contributed by atoms with van der Waals surface area (Å²) in [6.07, 6.45) is 8.65. The predicted octanol–water partition coefficient (Wildman–Crippen LogP) is 2.39. The Hall–Kier alpha value is -3.28. The lowest BCUT2D eigenvalue weighted by molar-refractivity contribution is -0.126. The third-order valence-electron chi connectivity index (χ3n) is 4.54. The van der Waals surface area contributed by atoms with Gasteiger partial charge >= 0.3 is 0 Å². The molecule has 0 atom stereocenters. The molecular weight excluding hydrogens is 326 g/mol. The topological polar surface area (TPSA) is 62.2 Å². The van der Waals surface area contributed by atoms with Crippen LogP contribution in [0.15, 0.2) is 61.1 Å². The summed E-state index contributed by atoms with van der Waals surface area (Å²) in [6, 6.07) is 11.9. The third kappa shape index (κ3) is 3.39. The van der Waals surface area contributed by atoms with Gasteiger partial charge in [-0.15, -0.1) is 5.10 Å². The Morgan fingerprint density at radius 1 is 1.00 bits per heavy atom. The summed E-state index contributed by atoms with van der Waals surface area (Å²) < 4.78 is 0. The minimum atomic E-state index is 0.0255. The minimum absolute atomic E-state index is 0.0255. The number of hydrogen-bond donors (Lipinski definition) is 0. The molecule has 1 aliphatic rings. The van der Waals surface area contributed by atoms with Crippen molar-refractivity contribution in [2.24, 2.45) is 0 Å². The molecule has 6 heteroatoms. The van der Waals surface area contributed by atoms with Gasteiger partial charge in [-0.2, -0.15) is 5.10 Å². The first kappa shape index (κ1) is 16.2. The molecule has 0 bridgehead atoms. The molecule has 4 rings (SSSR count). The number of anilines is 1. The summed E-state index contributed by atoms with van der Waals surface area (Å²) in [5.41, 5.74) is 0.922. The Bertz CT molecular complexity index is 928. The third-order valence-corrected chi connectivity index (χ3v) is 4.54. The highest BCUT2D eigenvalue weighted by molar-refractivity contribution is 5.93. The lowest BCUT2D eigenvalue weighted by atomic mass is 10.1. The summed E-state index contributed by atoms with van der Waals surface area (Å²) in [5.74, 6) is 0.915. The van der Waals surface area contributed by atoms with Crippen LogP contribution in [-0.2, 0) is 4.79 Å². The first-order chi connectivity index (χ1) is 12.8. The molecule has 1 fully saturated rings. The maximum Gasteiger partial charge on any atom is 0.246 e. The van der Waals surface area contributed by atoms with E-state index >= 15 is 0 Å². The average Bonchev–Trinajstić information content (AvgIpc) is 2.72. The van der Waals surface area contributed by atoms with Crippen molar-refractivity contribution in [2.75, 3.05) is 31.1 Å². The van der Waals surface area contributed by atoms with E-state index in [0.29, 0.717) is 13.1 Å². The van der Waals surface area contributed by atoms with Crippen molar-refractivity contribution in [3.05, 3.63) is 66.6 Å². The zero-order valence-electron chi connectivity index (χ0n) is 14.3. The van der Waals surface area contributed by atoms with Crippen LogP contribution >= 0.6 is 0 Å². The van der Waals surface area contributed by atoms with Crippen molar-refractivity contribution >= 4 is 28.6 Å². The molecule has 1 amide bonds. The molecule has 1 saturated heterocycles. The fourth-order valence-corrected chi connectivity index (χ4v) is 3.13. The van der Waals surface area contributed by atoms with Gasteiger partial charge in [-0.1, -0.05) is 30.3 Å². The van der Waals surface area contributed by atoms with E-state index in [2.05, 4.69) is 26.1 Å². The predicted molar refractivity (Wildman–Crippen MR) is 102 cm³/mol. The maximum absolute atomic E-state index is 12.4. The van der Waals surface area contributed by atoms with Gasteiger partial charge in [-0.25, -0.2) is 0 Å². The molecule has 2 aromatic heterocycles. The molecule has 1 aromatic carbocycles. The average molecular weight is 345 g/mol. The minimum Gasteiger partial charge on any atom is -0.351 e. The number of pyridine rings is 1. The zero-order chi connectivity index (χ0) is 17.8. The number of benzene rings is 1. The second kappa shape index (κ2) is 7.31. The summed E-state index contributed by atoms with van der Waals surface area (Å²) in [4.78, 5) is 20.5. The SMILES string of the molecule is O=C(/C=C\c1cccnc1)N1CCN(c2nncc3ccccc23)CC1. The molecule has 130 valence electrons. The molecule has 3 heterocycles. The quantitative estimate of drug-likeness (QED) is 0.682. The van der Waals surface area contributed by atoms with Crippen LogP contribution in [0.5, 0.6) is 0 Å². The summed E-state index contributed by atoms with van der Waals surface area (Å²) in [5, 5.41) is 10.6. The standard InChI is InChI=1S/C20H19N5O/c26-19(8-7-16-4-3-9-21-14-16)24-10-12-25(13-11-24)20-18-6-2-1-5-17(18)15-22-23-20/h1-9,14-15H,10-13H2/b8-7-. The van der Waals surface area contributed by atoms with Crippen LogP contribution in [0.1, 0.15) is 5.56 Å². The van der Waals surface area contributed by atoms with E-state index in [0.717, 1.165) is 35.2 Å². The Labute approximate surface area is 151 Å². The molecule has 1 aliphatic heterocycles. The Morgan fingerprint density at radius 2 is 1.85 bits per heavy atom. The van der Waals surface area contributed by atoms with E-state index in [1.807, 2.05) is 35.2 Å². The molecular formula is C20H19N5O. The second-order valence-electron chi connectivity index (χ2n) is 6.19. The molecule has 0 saturated carbocycles. The summed E-state index contributed by atoms with van der Waals surface area (Å²) >= 11 is 0. The molecule has 6 nitrogen and oxygen atoms in total. The number of carbonyl (C=O) groups is 1. The molecule has 26 heavy (non-hydrogen) atoms. The number of amides is 1. The van der Waals surface area contributed by atoms with Crippen LogP contribution in [0.3, 0.4) is 0 Å². The number of fused-ring (bicyclic) bond motifs is 1. The van der Waals surface area contributed by atoms with E-state index < -0.39 is 0 Å². The maximum atomic E-state index is 12.4. The van der Waals surface area contributed by atoms with Gasteiger partial charge in [0.1, 0.15) is 0 Å². The van der Waals surface area contributed by atoms with Gasteiger partial charge in [0.2, 0.25) is 5.91 Å². The van der Waals surface area contributed by atoms with Gasteiger partial charge in [-0.05, 0) is 17.7 Å². The van der Waals surface area contributed by atoms with Crippen molar-refractivity contribution in [2.45, 2.75) is 0 Å². The number of carbonyl (C=O) groups excluding carboxylic acids is 1. The van der Waals surface area contributed by atoms with E-state index in [1.54, 1.807) is 30.7 Å². The molecule has 0 N–H and O–H groups in total. The smallest absolute Gasteiger partial charge is 0.246 e. The van der Waals surface area contributed by atoms with Crippen molar-refractivity contribution in [1.29, 1.82) is 0 Å². The monoisotopic (exact) mass is 345 g/mol. The fraction of sp³-hybridized carbons (Fsp3) is 0.200. The van der Waals surface area contributed by atoms with Gasteiger partial charge in [-0.3, -0.25) is 9.78 Å². The van der Waals surface area contributed by atoms with Gasteiger partial charge in [0.05, 0.1) is 6.20 Å². The first-order valence-corrected chi connectivity index (χ1v) is 8.64. The molecule has 0 spiro atoms. The Kier molecular flexibility index (Phi) is 4.55. The number of piperazine rings is 1. The van der Waals surface area contributed by atoms with Crippen LogP contribution < -0.4 is 4.90 Å². The lowest BCUT2D eigenvalue weighted by Gasteiger charge is -2.35. The van der Waals surface area contributed by atoms with Crippen molar-refractivity contribution in [3.8, 4) is 0 Å². The number of hydrogen-bond acceptors (Lipinski definition) is 5. The van der Waals surface area contributed by atoms with Gasteiger partial charge in [0, 0.05) is 55.4 Å². The van der Waals surface area contributed by atoms with Crippen LogP contribution in [0.2, 0.25) is 0 Å². The van der Waals surface area contributed by atoms with Gasteiger partial charge < -0.3 is 9.80 Å². The van der Waals surface area contributed by atoms with E-state index in [1.165, 1.54) is 0 Å². The number of nitrogens with zero attached hydrogens (tertiary/aromatic N) is 5. The Balaban J connectivity index is 1.42. The second-order valence-corrected chi connectivity index (χ2v) is 6.19. The van der Waals surface area contributed by atoms with Crippen molar-refractivity contribution in [1.82, 2.24) is 20.1 Å². The van der Waals surface area contributed by atoms with Crippen LogP contribution in [-0.4, -0.2) is 52.2 Å². The highest BCUT2D eigenvalue weighted by atomic mass is 16.2. The largest absolute Gasteiger partial charge is 0.351 e. The van der Waals surface area contributed by atoms with Gasteiger partial charge in [0.25, 0.3) is 0 Å². The van der Waals surface area contributed by atoms with Crippen molar-refractivity contribution < 1.29 is 4.79 Å². The zero-order valence-corrected chi connectivity index (χ0v) is 14.3. The molecule has 0 aliphatic carbocycles. The fourth-order valence-electron chi connectivity index (χ4n) is 3.13. The van der Waals surface area contributed by atoms with Crippen molar-refractivity contribution in [3.63, 3.8) is 0 Å². The molecule has 0 unspecified atom stereocenters. The first-order valence-electron chi connectivity index (χ1n) is 8.64. The number of aromatic nitrogens is 3. The van der Waals surface area contributed by atoms with Crippen LogP contribution in [0.4, 0.5) is 5.82 Å². The summed E-state index contributed by atoms with van der Waals surface area (Å²) in [6.45, 7) is 2.83. The number of rotatable bonds is 3. The highest BCUT2D eigenvalue weighted by Crippen LogP contribution is 2.24. The lowest BCUT2D eigenvalue weighted by Crippen LogP contribution is -2.48. The van der Waals surface area contributed by atoms with Crippen LogP contribution in [0.25, 0.3) is 16.8 Å². The van der Waals surface area contributed by atoms with E-state index in [9.17, 15) is 4.79 Å². The van der Waals surface area contributed by atoms with Crippen LogP contribution in [0, 0.1) is 0 Å². The summed E-state index contributed by atoms with van der Waals surface area (Å²) in [7, 11) is 0. The highest BCUT2D eigenvalue weighted by Gasteiger charge is 2.22. The normalized spacial score (nSPS) is 14.9. The van der Waals surface area contributed by atoms with E-state index in [-0.39, 0.29) is 5.91 Å². The molecule has 0 radical (unpaired) electrons.